The summed E-state index contributed by atoms with van der Waals surface area (Å²) in [6, 6.07) is 14.7. The number of carbonyl (C=O) groups is 2. The first kappa shape index (κ1) is 23.2. The predicted molar refractivity (Wildman–Crippen MR) is 120 cm³/mol. The fourth-order valence-electron chi connectivity index (χ4n) is 3.27. The number of ether oxygens (including phenoxy) is 1. The largest absolute Gasteiger partial charge is 0.444 e. The fourth-order valence-corrected chi connectivity index (χ4v) is 3.63. The zero-order chi connectivity index (χ0) is 23.0. The first-order valence-electron chi connectivity index (χ1n) is 9.87. The summed E-state index contributed by atoms with van der Waals surface area (Å²) in [6.45, 7) is 8.84. The lowest BCUT2D eigenvalue weighted by molar-refractivity contribution is -0.409. The van der Waals surface area contributed by atoms with E-state index in [1.54, 1.807) is 46.0 Å². The van der Waals surface area contributed by atoms with Crippen molar-refractivity contribution in [3.63, 3.8) is 0 Å². The topological polar surface area (TPSA) is 77.1 Å². The van der Waals surface area contributed by atoms with Gasteiger partial charge in [0.15, 0.2) is 0 Å². The van der Waals surface area contributed by atoms with Crippen LogP contribution in [-0.4, -0.2) is 24.6 Å². The Hall–Kier alpha value is -2.42. The Morgan fingerprint density at radius 1 is 1.06 bits per heavy atom. The van der Waals surface area contributed by atoms with Crippen molar-refractivity contribution in [2.24, 2.45) is 0 Å². The standard InChI is InChI=1S/C23H27BrN2O5/c1-21(2,3)29-20(28)25-23(31-30-22(4,5)15-10-8-7-9-11-15)17-14-16(24)12-13-18(17)26(6)19(23)27/h7-14H,1-6H3,(H,25,28)/t23-/m1/s1. The molecule has 2 aromatic rings. The quantitative estimate of drug-likeness (QED) is 0.363. The number of likely N-dealkylation sites (N-methyl/N-ethyl adjacent to an activating group) is 1. The number of hydrogen-bond acceptors (Lipinski definition) is 5. The normalized spacial score (nSPS) is 18.7. The second-order valence-electron chi connectivity index (χ2n) is 8.88. The smallest absolute Gasteiger partial charge is 0.410 e. The molecule has 0 aromatic heterocycles. The summed E-state index contributed by atoms with van der Waals surface area (Å²) in [7, 11) is 1.61. The minimum atomic E-state index is -1.91. The molecule has 7 nitrogen and oxygen atoms in total. The lowest BCUT2D eigenvalue weighted by Crippen LogP contribution is -2.56. The number of carbonyl (C=O) groups excluding carboxylic acids is 2. The Kier molecular flexibility index (Phi) is 6.19. The van der Waals surface area contributed by atoms with Crippen LogP contribution in [0.25, 0.3) is 0 Å². The molecule has 0 spiro atoms. The van der Waals surface area contributed by atoms with Gasteiger partial charge in [-0.3, -0.25) is 10.1 Å². The van der Waals surface area contributed by atoms with Crippen molar-refractivity contribution >= 4 is 33.6 Å². The van der Waals surface area contributed by atoms with Crippen molar-refractivity contribution in [2.75, 3.05) is 11.9 Å². The minimum absolute atomic E-state index is 0.434. The van der Waals surface area contributed by atoms with Crippen molar-refractivity contribution in [2.45, 2.75) is 51.5 Å². The number of nitrogens with zero attached hydrogens (tertiary/aromatic N) is 1. The molecule has 1 aliphatic heterocycles. The van der Waals surface area contributed by atoms with Crippen LogP contribution in [0.3, 0.4) is 0 Å². The third kappa shape index (κ3) is 4.76. The third-order valence-electron chi connectivity index (χ3n) is 4.83. The maximum Gasteiger partial charge on any atom is 0.410 e. The van der Waals surface area contributed by atoms with Gasteiger partial charge in [0.1, 0.15) is 11.2 Å². The number of rotatable bonds is 5. The van der Waals surface area contributed by atoms with E-state index in [1.807, 2.05) is 44.2 Å². The molecule has 2 aromatic carbocycles. The van der Waals surface area contributed by atoms with E-state index in [1.165, 1.54) is 4.90 Å². The first-order valence-corrected chi connectivity index (χ1v) is 10.7. The van der Waals surface area contributed by atoms with Gasteiger partial charge in [-0.05, 0) is 58.4 Å². The average molecular weight is 491 g/mol. The van der Waals surface area contributed by atoms with Crippen molar-refractivity contribution in [1.82, 2.24) is 5.32 Å². The Labute approximate surface area is 190 Å². The molecule has 3 rings (SSSR count). The van der Waals surface area contributed by atoms with Crippen LogP contribution in [0.15, 0.2) is 53.0 Å². The van der Waals surface area contributed by atoms with Gasteiger partial charge in [0.2, 0.25) is 0 Å². The molecule has 1 atom stereocenters. The molecule has 0 fully saturated rings. The van der Waals surface area contributed by atoms with Crippen LogP contribution in [0, 0.1) is 0 Å². The van der Waals surface area contributed by atoms with Gasteiger partial charge in [-0.25, -0.2) is 9.68 Å². The summed E-state index contributed by atoms with van der Waals surface area (Å²) >= 11 is 3.43. The molecule has 0 aliphatic carbocycles. The molecular weight excluding hydrogens is 464 g/mol. The van der Waals surface area contributed by atoms with E-state index in [0.717, 1.165) is 10.0 Å². The molecular formula is C23H27BrN2O5. The van der Waals surface area contributed by atoms with Crippen LogP contribution in [0.2, 0.25) is 0 Å². The number of hydrogen-bond donors (Lipinski definition) is 1. The zero-order valence-electron chi connectivity index (χ0n) is 18.5. The second-order valence-corrected chi connectivity index (χ2v) is 9.79. The molecule has 8 heteroatoms. The summed E-state index contributed by atoms with van der Waals surface area (Å²) in [6.07, 6.45) is -0.803. The number of nitrogens with one attached hydrogen (secondary N) is 1. The Bertz CT molecular complexity index is 987. The molecule has 0 radical (unpaired) electrons. The molecule has 1 N–H and O–H groups in total. The first-order chi connectivity index (χ1) is 14.4. The van der Waals surface area contributed by atoms with E-state index in [9.17, 15) is 9.59 Å². The summed E-state index contributed by atoms with van der Waals surface area (Å²) in [4.78, 5) is 39.2. The van der Waals surface area contributed by atoms with E-state index < -0.39 is 28.9 Å². The minimum Gasteiger partial charge on any atom is -0.444 e. The lowest BCUT2D eigenvalue weighted by atomic mass is 9.99. The second kappa shape index (κ2) is 8.26. The highest BCUT2D eigenvalue weighted by Crippen LogP contribution is 2.43. The highest BCUT2D eigenvalue weighted by Gasteiger charge is 2.55. The molecule has 1 aliphatic rings. The van der Waals surface area contributed by atoms with Crippen LogP contribution in [0.1, 0.15) is 45.7 Å². The van der Waals surface area contributed by atoms with Crippen LogP contribution in [0.4, 0.5) is 10.5 Å². The van der Waals surface area contributed by atoms with Crippen LogP contribution >= 0.6 is 15.9 Å². The zero-order valence-corrected chi connectivity index (χ0v) is 20.1. The molecule has 0 saturated heterocycles. The van der Waals surface area contributed by atoms with Crippen LogP contribution < -0.4 is 10.2 Å². The van der Waals surface area contributed by atoms with Gasteiger partial charge in [-0.2, -0.15) is 4.89 Å². The molecule has 0 unspecified atom stereocenters. The van der Waals surface area contributed by atoms with E-state index in [2.05, 4.69) is 21.2 Å². The highest BCUT2D eigenvalue weighted by molar-refractivity contribution is 9.10. The maximum absolute atomic E-state index is 13.4. The molecule has 31 heavy (non-hydrogen) atoms. The Balaban J connectivity index is 2.01. The third-order valence-corrected chi connectivity index (χ3v) is 5.32. The lowest BCUT2D eigenvalue weighted by Gasteiger charge is -2.33. The van der Waals surface area contributed by atoms with Crippen molar-refractivity contribution in [3.05, 3.63) is 64.1 Å². The Morgan fingerprint density at radius 3 is 2.32 bits per heavy atom. The van der Waals surface area contributed by atoms with E-state index in [-0.39, 0.29) is 0 Å². The van der Waals surface area contributed by atoms with Crippen molar-refractivity contribution in [1.29, 1.82) is 0 Å². The molecule has 0 saturated carbocycles. The van der Waals surface area contributed by atoms with Gasteiger partial charge >= 0.3 is 6.09 Å². The van der Waals surface area contributed by atoms with Crippen LogP contribution in [-0.2, 0) is 30.6 Å². The predicted octanol–water partition coefficient (Wildman–Crippen LogP) is 4.99. The SMILES string of the molecule is CN1C(=O)[C@](NC(=O)OC(C)(C)C)(OOC(C)(C)c2ccccc2)c2cc(Br)ccc21. The number of benzene rings is 2. The highest BCUT2D eigenvalue weighted by atomic mass is 79.9. The summed E-state index contributed by atoms with van der Waals surface area (Å²) in [5.41, 5.74) is -1.71. The van der Waals surface area contributed by atoms with Crippen LogP contribution in [0.5, 0.6) is 0 Å². The van der Waals surface area contributed by atoms with E-state index >= 15 is 0 Å². The van der Waals surface area contributed by atoms with E-state index in [0.29, 0.717) is 11.3 Å². The number of alkyl carbamates (subject to hydrolysis) is 1. The van der Waals surface area contributed by atoms with Crippen molar-refractivity contribution < 1.29 is 24.1 Å². The summed E-state index contributed by atoms with van der Waals surface area (Å²) < 4.78 is 6.12. The number of halogens is 1. The van der Waals surface area contributed by atoms with Gasteiger partial charge in [-0.1, -0.05) is 46.3 Å². The van der Waals surface area contributed by atoms with Gasteiger partial charge in [0.05, 0.1) is 5.69 Å². The number of anilines is 1. The van der Waals surface area contributed by atoms with Gasteiger partial charge in [-0.15, -0.1) is 0 Å². The monoisotopic (exact) mass is 490 g/mol. The molecule has 1 heterocycles. The van der Waals surface area contributed by atoms with E-state index in [4.69, 9.17) is 14.5 Å². The average Bonchev–Trinajstić information content (AvgIpc) is 2.87. The van der Waals surface area contributed by atoms with Crippen molar-refractivity contribution in [3.8, 4) is 0 Å². The van der Waals surface area contributed by atoms with Gasteiger partial charge in [0.25, 0.3) is 11.6 Å². The number of amides is 2. The molecule has 2 amide bonds. The Morgan fingerprint density at radius 2 is 1.71 bits per heavy atom. The number of fused-ring (bicyclic) bond motifs is 1. The molecule has 0 bridgehead atoms. The maximum atomic E-state index is 13.4. The van der Waals surface area contributed by atoms with Gasteiger partial charge in [0, 0.05) is 17.1 Å². The summed E-state index contributed by atoms with van der Waals surface area (Å²) in [5, 5.41) is 2.62. The fraction of sp³-hybridized carbons (Fsp3) is 0.391. The molecule has 166 valence electrons. The summed E-state index contributed by atoms with van der Waals surface area (Å²) in [5.74, 6) is -0.504. The van der Waals surface area contributed by atoms with Gasteiger partial charge < -0.3 is 9.64 Å².